The Balaban J connectivity index is 1.49. The third kappa shape index (κ3) is 4.46. The lowest BCUT2D eigenvalue weighted by Crippen LogP contribution is -2.38. The van der Waals surface area contributed by atoms with E-state index in [1.54, 1.807) is 6.20 Å². The molecule has 0 unspecified atom stereocenters. The van der Waals surface area contributed by atoms with Gasteiger partial charge in [-0.15, -0.1) is 0 Å². The third-order valence-corrected chi connectivity index (χ3v) is 5.99. The summed E-state index contributed by atoms with van der Waals surface area (Å²) in [5.74, 6) is 2.10. The van der Waals surface area contributed by atoms with Crippen molar-refractivity contribution in [1.82, 2.24) is 10.3 Å². The van der Waals surface area contributed by atoms with E-state index in [9.17, 15) is 0 Å². The summed E-state index contributed by atoms with van der Waals surface area (Å²) in [6.07, 6.45) is 6.06. The molecule has 0 radical (unpaired) electrons. The van der Waals surface area contributed by atoms with Gasteiger partial charge in [0, 0.05) is 36.6 Å². The van der Waals surface area contributed by atoms with E-state index in [0.717, 1.165) is 54.5 Å². The van der Waals surface area contributed by atoms with Gasteiger partial charge in [0.2, 0.25) is 5.88 Å². The van der Waals surface area contributed by atoms with Crippen LogP contribution in [0.25, 0.3) is 0 Å². The van der Waals surface area contributed by atoms with E-state index in [0.29, 0.717) is 18.3 Å². The lowest BCUT2D eigenvalue weighted by Gasteiger charge is -2.36. The van der Waals surface area contributed by atoms with Crippen molar-refractivity contribution < 1.29 is 4.74 Å². The van der Waals surface area contributed by atoms with E-state index >= 15 is 0 Å². The second-order valence-electron chi connectivity index (χ2n) is 7.60. The number of anilines is 1. The summed E-state index contributed by atoms with van der Waals surface area (Å²) >= 11 is 6.24. The zero-order valence-corrected chi connectivity index (χ0v) is 17.5. The number of nitrogens with zero attached hydrogens (tertiary/aromatic N) is 3. The largest absolute Gasteiger partial charge is 0.474 e. The van der Waals surface area contributed by atoms with E-state index in [1.165, 1.54) is 5.56 Å². The molecule has 5 nitrogen and oxygen atoms in total. The monoisotopic (exact) mass is 410 g/mol. The Morgan fingerprint density at radius 1 is 1.21 bits per heavy atom. The number of rotatable bonds is 4. The molecule has 1 fully saturated rings. The van der Waals surface area contributed by atoms with Crippen molar-refractivity contribution in [2.24, 2.45) is 10.9 Å². The van der Waals surface area contributed by atoms with Crippen LogP contribution in [0, 0.1) is 5.92 Å². The van der Waals surface area contributed by atoms with Crippen molar-refractivity contribution in [3.05, 3.63) is 65.5 Å². The number of pyridine rings is 1. The maximum Gasteiger partial charge on any atom is 0.213 e. The van der Waals surface area contributed by atoms with Crippen LogP contribution in [0.1, 0.15) is 31.2 Å². The van der Waals surface area contributed by atoms with Crippen molar-refractivity contribution in [2.75, 3.05) is 18.5 Å². The molecule has 0 bridgehead atoms. The first-order chi connectivity index (χ1) is 14.2. The van der Waals surface area contributed by atoms with E-state index in [2.05, 4.69) is 32.8 Å². The standard InChI is InChI=1S/C23H27ClN4O/c1-16(17-6-9-20(10-7-17)29-23-5-3-4-12-27-23)28-21-11-8-19(24)13-18(21)14-26-15-22(28)25-2/h3-5,8,11-13,17,20,26H,1,6-7,9-10,14-15H2,2H3. The SMILES string of the molecule is C=C(C1CCC(Oc2ccccn2)CC1)N1C(=NC)CNCc2cc(Cl)ccc21. The van der Waals surface area contributed by atoms with Crippen LogP contribution < -0.4 is 15.0 Å². The van der Waals surface area contributed by atoms with Gasteiger partial charge in [-0.25, -0.2) is 4.98 Å². The molecule has 0 atom stereocenters. The summed E-state index contributed by atoms with van der Waals surface area (Å²) < 4.78 is 6.06. The van der Waals surface area contributed by atoms with Gasteiger partial charge in [0.15, 0.2) is 0 Å². The van der Waals surface area contributed by atoms with Crippen LogP contribution in [0.4, 0.5) is 5.69 Å². The molecule has 2 aliphatic rings. The summed E-state index contributed by atoms with van der Waals surface area (Å²) in [7, 11) is 1.84. The fourth-order valence-electron chi connectivity index (χ4n) is 4.22. The lowest BCUT2D eigenvalue weighted by atomic mass is 9.84. The maximum absolute atomic E-state index is 6.24. The number of fused-ring (bicyclic) bond motifs is 1. The number of aliphatic imine (C=N–C) groups is 1. The Kier molecular flexibility index (Phi) is 6.16. The minimum Gasteiger partial charge on any atom is -0.474 e. The molecule has 4 rings (SSSR count). The summed E-state index contributed by atoms with van der Waals surface area (Å²) in [5, 5.41) is 4.20. The molecule has 6 heteroatoms. The van der Waals surface area contributed by atoms with Crippen molar-refractivity contribution in [1.29, 1.82) is 0 Å². The highest BCUT2D eigenvalue weighted by atomic mass is 35.5. The van der Waals surface area contributed by atoms with Crippen molar-refractivity contribution in [3.63, 3.8) is 0 Å². The van der Waals surface area contributed by atoms with Crippen LogP contribution >= 0.6 is 11.6 Å². The molecular formula is C23H27ClN4O. The van der Waals surface area contributed by atoms with E-state index in [1.807, 2.05) is 37.4 Å². The van der Waals surface area contributed by atoms with Gasteiger partial charge in [-0.05, 0) is 61.4 Å². The van der Waals surface area contributed by atoms with Gasteiger partial charge < -0.3 is 15.0 Å². The number of allylic oxidation sites excluding steroid dienone is 1. The average molecular weight is 411 g/mol. The molecule has 1 saturated carbocycles. The lowest BCUT2D eigenvalue weighted by molar-refractivity contribution is 0.133. The van der Waals surface area contributed by atoms with Gasteiger partial charge in [0.05, 0.1) is 12.2 Å². The van der Waals surface area contributed by atoms with E-state index in [-0.39, 0.29) is 6.10 Å². The smallest absolute Gasteiger partial charge is 0.213 e. The molecule has 1 aliphatic carbocycles. The van der Waals surface area contributed by atoms with E-state index in [4.69, 9.17) is 16.3 Å². The number of hydrogen-bond acceptors (Lipinski definition) is 4. The predicted octanol–water partition coefficient (Wildman–Crippen LogP) is 4.82. The number of halogens is 1. The maximum atomic E-state index is 6.24. The quantitative estimate of drug-likeness (QED) is 0.784. The van der Waals surface area contributed by atoms with Crippen molar-refractivity contribution >= 4 is 23.1 Å². The summed E-state index contributed by atoms with van der Waals surface area (Å²) in [5.41, 5.74) is 3.40. The Labute approximate surface area is 177 Å². The van der Waals surface area contributed by atoms with Crippen LogP contribution in [0.15, 0.2) is 59.9 Å². The Morgan fingerprint density at radius 2 is 2.03 bits per heavy atom. The average Bonchev–Trinajstić information content (AvgIpc) is 2.93. The van der Waals surface area contributed by atoms with Gasteiger partial charge >= 0.3 is 0 Å². The molecular weight excluding hydrogens is 384 g/mol. The summed E-state index contributed by atoms with van der Waals surface area (Å²) in [4.78, 5) is 11.1. The number of ether oxygens (including phenoxy) is 1. The number of nitrogens with one attached hydrogen (secondary N) is 1. The molecule has 1 aromatic heterocycles. The third-order valence-electron chi connectivity index (χ3n) is 5.76. The molecule has 0 spiro atoms. The second kappa shape index (κ2) is 8.97. The molecule has 2 heterocycles. The Hall–Kier alpha value is -2.37. The van der Waals surface area contributed by atoms with Crippen LogP contribution in [0.2, 0.25) is 5.02 Å². The molecule has 0 saturated heterocycles. The molecule has 1 N–H and O–H groups in total. The van der Waals surface area contributed by atoms with Crippen LogP contribution in [0.3, 0.4) is 0 Å². The van der Waals surface area contributed by atoms with Crippen molar-refractivity contribution in [2.45, 2.75) is 38.3 Å². The van der Waals surface area contributed by atoms with Gasteiger partial charge in [0.25, 0.3) is 0 Å². The zero-order valence-electron chi connectivity index (χ0n) is 16.8. The first-order valence-corrected chi connectivity index (χ1v) is 10.5. The van der Waals surface area contributed by atoms with Crippen LogP contribution in [-0.4, -0.2) is 30.5 Å². The summed E-state index contributed by atoms with van der Waals surface area (Å²) in [6, 6.07) is 11.8. The second-order valence-corrected chi connectivity index (χ2v) is 8.04. The molecule has 0 amide bonds. The topological polar surface area (TPSA) is 49.8 Å². The first-order valence-electron chi connectivity index (χ1n) is 10.2. The highest BCUT2D eigenvalue weighted by Crippen LogP contribution is 2.37. The Bertz CT molecular complexity index is 891. The Morgan fingerprint density at radius 3 is 2.76 bits per heavy atom. The van der Waals surface area contributed by atoms with Gasteiger partial charge in [-0.1, -0.05) is 24.2 Å². The number of hydrogen-bond donors (Lipinski definition) is 1. The zero-order chi connectivity index (χ0) is 20.2. The minimum absolute atomic E-state index is 0.213. The molecule has 2 aromatic rings. The number of amidine groups is 1. The number of benzene rings is 1. The van der Waals surface area contributed by atoms with Crippen molar-refractivity contribution in [3.8, 4) is 5.88 Å². The fraction of sp³-hybridized carbons (Fsp3) is 0.391. The summed E-state index contributed by atoms with van der Waals surface area (Å²) in [6.45, 7) is 5.98. The normalized spacial score (nSPS) is 23.4. The minimum atomic E-state index is 0.213. The van der Waals surface area contributed by atoms with Crippen LogP contribution in [0.5, 0.6) is 5.88 Å². The van der Waals surface area contributed by atoms with Gasteiger partial charge in [0.1, 0.15) is 11.9 Å². The fourth-order valence-corrected chi connectivity index (χ4v) is 4.42. The van der Waals surface area contributed by atoms with Gasteiger partial charge in [-0.3, -0.25) is 4.99 Å². The molecule has 29 heavy (non-hydrogen) atoms. The first kappa shape index (κ1) is 19.9. The number of aromatic nitrogens is 1. The molecule has 1 aromatic carbocycles. The van der Waals surface area contributed by atoms with Gasteiger partial charge in [-0.2, -0.15) is 0 Å². The predicted molar refractivity (Wildman–Crippen MR) is 119 cm³/mol. The molecule has 152 valence electrons. The van der Waals surface area contributed by atoms with Crippen LogP contribution in [-0.2, 0) is 6.54 Å². The highest BCUT2D eigenvalue weighted by Gasteiger charge is 2.30. The van der Waals surface area contributed by atoms with E-state index < -0.39 is 0 Å². The highest BCUT2D eigenvalue weighted by molar-refractivity contribution is 6.30. The molecule has 1 aliphatic heterocycles.